The first-order chi connectivity index (χ1) is 10.0. The monoisotopic (exact) mass is 287 g/mol. The topological polar surface area (TPSA) is 93.4 Å². The molecule has 0 aromatic heterocycles. The van der Waals surface area contributed by atoms with E-state index in [1.54, 1.807) is 24.3 Å². The number of carboxylic acid groups (broad SMARTS) is 1. The minimum atomic E-state index is -0.862. The van der Waals surface area contributed by atoms with Gasteiger partial charge in [-0.1, -0.05) is 19.1 Å². The van der Waals surface area contributed by atoms with Gasteiger partial charge >= 0.3 is 12.0 Å². The highest BCUT2D eigenvalue weighted by Crippen LogP contribution is 2.24. The summed E-state index contributed by atoms with van der Waals surface area (Å²) in [5.74, 6) is -1.42. The van der Waals surface area contributed by atoms with E-state index in [0.29, 0.717) is 18.7 Å². The summed E-state index contributed by atoms with van der Waals surface area (Å²) in [6.45, 7) is 2.51. The van der Waals surface area contributed by atoms with Crippen LogP contribution in [0.3, 0.4) is 0 Å². The van der Waals surface area contributed by atoms with Gasteiger partial charge in [-0.25, -0.2) is 4.79 Å². The smallest absolute Gasteiger partial charge is 0.321 e. The first kappa shape index (κ1) is 14.9. The summed E-state index contributed by atoms with van der Waals surface area (Å²) in [4.78, 5) is 24.7. The van der Waals surface area contributed by atoms with E-state index < -0.39 is 11.9 Å². The van der Waals surface area contributed by atoms with Gasteiger partial charge in [0.2, 0.25) is 0 Å². The molecule has 6 heteroatoms. The Balaban J connectivity index is 1.96. The van der Waals surface area contributed by atoms with Crippen LogP contribution in [0.5, 0.6) is 0 Å². The molecule has 0 aliphatic carbocycles. The lowest BCUT2D eigenvalue weighted by molar-refractivity contribution is -0.142. The van der Waals surface area contributed by atoms with Gasteiger partial charge in [-0.15, -0.1) is 0 Å². The van der Waals surface area contributed by atoms with Crippen LogP contribution in [0.25, 0.3) is 0 Å². The minimum Gasteiger partial charge on any atom is -0.481 e. The highest BCUT2D eigenvalue weighted by Gasteiger charge is 2.36. The van der Waals surface area contributed by atoms with Crippen molar-refractivity contribution in [3.05, 3.63) is 29.8 Å². The maximum atomic E-state index is 12.1. The number of hydrogen-bond donors (Lipinski definition) is 2. The average Bonchev–Trinajstić information content (AvgIpc) is 2.84. The van der Waals surface area contributed by atoms with Crippen LogP contribution in [0.1, 0.15) is 12.5 Å². The molecule has 0 saturated carbocycles. The fraction of sp³-hybridized carbons (Fsp3) is 0.400. The number of aliphatic carboxylic acids is 1. The van der Waals surface area contributed by atoms with Gasteiger partial charge in [0.1, 0.15) is 0 Å². The number of nitriles is 1. The van der Waals surface area contributed by atoms with Crippen molar-refractivity contribution in [1.29, 1.82) is 5.26 Å². The predicted octanol–water partition coefficient (Wildman–Crippen LogP) is 1.94. The Labute approximate surface area is 123 Å². The summed E-state index contributed by atoms with van der Waals surface area (Å²) in [5.41, 5.74) is 1.52. The number of rotatable bonds is 3. The average molecular weight is 287 g/mol. The van der Waals surface area contributed by atoms with Crippen LogP contribution in [-0.2, 0) is 11.2 Å². The first-order valence-electron chi connectivity index (χ1n) is 6.76. The number of carboxylic acids is 1. The lowest BCUT2D eigenvalue weighted by atomic mass is 9.99. The highest BCUT2D eigenvalue weighted by atomic mass is 16.4. The lowest BCUT2D eigenvalue weighted by Gasteiger charge is -2.17. The van der Waals surface area contributed by atoms with Crippen LogP contribution in [0.15, 0.2) is 24.3 Å². The molecule has 1 heterocycles. The van der Waals surface area contributed by atoms with Crippen molar-refractivity contribution in [1.82, 2.24) is 4.90 Å². The van der Waals surface area contributed by atoms with Crippen LogP contribution in [-0.4, -0.2) is 35.1 Å². The Morgan fingerprint density at radius 3 is 2.57 bits per heavy atom. The molecule has 21 heavy (non-hydrogen) atoms. The third kappa shape index (κ3) is 3.51. The Hall–Kier alpha value is -2.55. The Kier molecular flexibility index (Phi) is 4.43. The van der Waals surface area contributed by atoms with E-state index in [9.17, 15) is 9.59 Å². The van der Waals surface area contributed by atoms with Crippen molar-refractivity contribution in [2.24, 2.45) is 11.8 Å². The van der Waals surface area contributed by atoms with Crippen LogP contribution in [0, 0.1) is 23.2 Å². The summed E-state index contributed by atoms with van der Waals surface area (Å²) in [5, 5.41) is 20.4. The third-order valence-electron chi connectivity index (χ3n) is 3.71. The number of nitrogens with zero attached hydrogens (tertiary/aromatic N) is 2. The van der Waals surface area contributed by atoms with Gasteiger partial charge in [0.25, 0.3) is 0 Å². The fourth-order valence-electron chi connectivity index (χ4n) is 2.45. The van der Waals surface area contributed by atoms with Gasteiger partial charge in [-0.2, -0.15) is 5.26 Å². The second-order valence-electron chi connectivity index (χ2n) is 5.29. The molecular weight excluding hydrogens is 270 g/mol. The number of benzene rings is 1. The Morgan fingerprint density at radius 1 is 1.38 bits per heavy atom. The maximum absolute atomic E-state index is 12.1. The first-order valence-corrected chi connectivity index (χ1v) is 6.76. The second-order valence-corrected chi connectivity index (χ2v) is 5.29. The number of hydrogen-bond acceptors (Lipinski definition) is 3. The Bertz CT molecular complexity index is 577. The van der Waals surface area contributed by atoms with Crippen LogP contribution in [0.2, 0.25) is 0 Å². The molecule has 0 unspecified atom stereocenters. The summed E-state index contributed by atoms with van der Waals surface area (Å²) in [7, 11) is 0. The predicted molar refractivity (Wildman–Crippen MR) is 76.6 cm³/mol. The number of nitrogens with one attached hydrogen (secondary N) is 1. The van der Waals surface area contributed by atoms with E-state index in [2.05, 4.69) is 11.4 Å². The Morgan fingerprint density at radius 2 is 2.05 bits per heavy atom. The number of likely N-dealkylation sites (tertiary alicyclic amines) is 1. The molecule has 1 aromatic rings. The molecule has 0 spiro atoms. The molecule has 0 radical (unpaired) electrons. The molecule has 2 atom stereocenters. The standard InChI is InChI=1S/C15H17N3O3/c1-10-8-18(9-13(10)14(19)20)15(21)17-12-4-2-11(3-5-12)6-7-16/h2-5,10,13H,6,8-9H2,1H3,(H,17,21)(H,19,20)/t10-,13-/m1/s1. The van der Waals surface area contributed by atoms with Gasteiger partial charge < -0.3 is 15.3 Å². The van der Waals surface area contributed by atoms with Gasteiger partial charge in [0.05, 0.1) is 18.4 Å². The number of carbonyl (C=O) groups excluding carboxylic acids is 1. The fourth-order valence-corrected chi connectivity index (χ4v) is 2.45. The molecule has 1 fully saturated rings. The quantitative estimate of drug-likeness (QED) is 0.888. The summed E-state index contributed by atoms with van der Waals surface area (Å²) >= 11 is 0. The van der Waals surface area contributed by atoms with Crippen molar-refractivity contribution < 1.29 is 14.7 Å². The molecule has 2 N–H and O–H groups in total. The summed E-state index contributed by atoms with van der Waals surface area (Å²) in [6, 6.07) is 8.80. The molecule has 1 saturated heterocycles. The number of carbonyl (C=O) groups is 2. The van der Waals surface area contributed by atoms with Crippen molar-refractivity contribution in [2.75, 3.05) is 18.4 Å². The molecule has 0 bridgehead atoms. The largest absolute Gasteiger partial charge is 0.481 e. The summed E-state index contributed by atoms with van der Waals surface area (Å²) < 4.78 is 0. The van der Waals surface area contributed by atoms with Crippen molar-refractivity contribution in [3.63, 3.8) is 0 Å². The van der Waals surface area contributed by atoms with Gasteiger partial charge in [-0.05, 0) is 23.6 Å². The van der Waals surface area contributed by atoms with E-state index in [0.717, 1.165) is 5.56 Å². The van der Waals surface area contributed by atoms with Gasteiger partial charge in [0.15, 0.2) is 0 Å². The molecular formula is C15H17N3O3. The minimum absolute atomic E-state index is 0.0498. The molecule has 1 aliphatic heterocycles. The van der Waals surface area contributed by atoms with Gasteiger partial charge in [-0.3, -0.25) is 4.79 Å². The number of urea groups is 1. The van der Waals surface area contributed by atoms with Crippen molar-refractivity contribution >= 4 is 17.7 Å². The zero-order valence-electron chi connectivity index (χ0n) is 11.7. The molecule has 1 aromatic carbocycles. The molecule has 1 aliphatic rings. The van der Waals surface area contributed by atoms with Crippen LogP contribution >= 0.6 is 0 Å². The SMILES string of the molecule is C[C@@H]1CN(C(=O)Nc2ccc(CC#N)cc2)C[C@H]1C(=O)O. The lowest BCUT2D eigenvalue weighted by Crippen LogP contribution is -2.33. The van der Waals surface area contributed by atoms with Crippen LogP contribution in [0.4, 0.5) is 10.5 Å². The van der Waals surface area contributed by atoms with Crippen molar-refractivity contribution in [3.8, 4) is 6.07 Å². The zero-order valence-corrected chi connectivity index (χ0v) is 11.7. The maximum Gasteiger partial charge on any atom is 0.321 e. The number of anilines is 1. The molecule has 2 amide bonds. The van der Waals surface area contributed by atoms with E-state index in [-0.39, 0.29) is 18.5 Å². The van der Waals surface area contributed by atoms with Crippen LogP contribution < -0.4 is 5.32 Å². The van der Waals surface area contributed by atoms with E-state index >= 15 is 0 Å². The zero-order chi connectivity index (χ0) is 15.4. The molecule has 2 rings (SSSR count). The van der Waals surface area contributed by atoms with Crippen molar-refractivity contribution in [2.45, 2.75) is 13.3 Å². The second kappa shape index (κ2) is 6.27. The van der Waals surface area contributed by atoms with E-state index in [1.165, 1.54) is 4.90 Å². The van der Waals surface area contributed by atoms with E-state index in [4.69, 9.17) is 10.4 Å². The number of amides is 2. The molecule has 110 valence electrons. The van der Waals surface area contributed by atoms with Gasteiger partial charge in [0, 0.05) is 18.8 Å². The molecule has 6 nitrogen and oxygen atoms in total. The highest BCUT2D eigenvalue weighted by molar-refractivity contribution is 5.90. The normalized spacial score (nSPS) is 20.9. The van der Waals surface area contributed by atoms with E-state index in [1.807, 2.05) is 6.92 Å². The third-order valence-corrected chi connectivity index (χ3v) is 3.71. The summed E-state index contributed by atoms with van der Waals surface area (Å²) in [6.07, 6.45) is 0.332.